The highest BCUT2D eigenvalue weighted by Crippen LogP contribution is 2.21. The van der Waals surface area contributed by atoms with Crippen LogP contribution in [0.15, 0.2) is 0 Å². The molecule has 0 spiro atoms. The van der Waals surface area contributed by atoms with Crippen molar-refractivity contribution in [1.82, 2.24) is 15.5 Å². The van der Waals surface area contributed by atoms with Gasteiger partial charge < -0.3 is 20.3 Å². The van der Waals surface area contributed by atoms with E-state index in [9.17, 15) is 14.4 Å². The van der Waals surface area contributed by atoms with Gasteiger partial charge in [-0.25, -0.2) is 4.79 Å². The number of terminal acetylenes is 1. The quantitative estimate of drug-likeness (QED) is 0.477. The van der Waals surface area contributed by atoms with E-state index in [0.29, 0.717) is 31.8 Å². The largest absolute Gasteiger partial charge is 0.464 e. The summed E-state index contributed by atoms with van der Waals surface area (Å²) in [5, 5.41) is 6.05. The Bertz CT molecular complexity index is 581. The summed E-state index contributed by atoms with van der Waals surface area (Å²) in [5.74, 6) is 2.09. The van der Waals surface area contributed by atoms with Crippen molar-refractivity contribution in [1.29, 1.82) is 0 Å². The SMILES string of the molecule is C#CC[C@H](NC(=O)[C@@H]1CCCN(C(=O)CCC2CCNCC2)C1)C(=O)OCC. The van der Waals surface area contributed by atoms with Gasteiger partial charge >= 0.3 is 5.97 Å². The standard InChI is InChI=1S/C21H33N3O4/c1-3-6-18(21(27)28-4-2)23-20(26)17-7-5-14-24(15-17)19(25)9-8-16-10-12-22-13-11-16/h1,16-18,22H,4-15H2,2H3,(H,23,26)/t17-,18+/m1/s1. The van der Waals surface area contributed by atoms with Gasteiger partial charge in [0.1, 0.15) is 6.04 Å². The van der Waals surface area contributed by atoms with E-state index in [1.54, 1.807) is 11.8 Å². The van der Waals surface area contributed by atoms with Crippen LogP contribution in [0.4, 0.5) is 0 Å². The number of rotatable bonds is 8. The highest BCUT2D eigenvalue weighted by atomic mass is 16.5. The fourth-order valence-corrected chi connectivity index (χ4v) is 3.92. The van der Waals surface area contributed by atoms with E-state index in [1.165, 1.54) is 0 Å². The second-order valence-electron chi connectivity index (χ2n) is 7.63. The van der Waals surface area contributed by atoms with Crippen LogP contribution in [0.25, 0.3) is 0 Å². The molecule has 2 saturated heterocycles. The Morgan fingerprint density at radius 1 is 1.29 bits per heavy atom. The first-order valence-corrected chi connectivity index (χ1v) is 10.4. The molecule has 2 N–H and O–H groups in total. The van der Waals surface area contributed by atoms with Gasteiger partial charge in [0.25, 0.3) is 0 Å². The van der Waals surface area contributed by atoms with Crippen LogP contribution in [0, 0.1) is 24.2 Å². The third-order valence-corrected chi connectivity index (χ3v) is 5.58. The Morgan fingerprint density at radius 2 is 2.04 bits per heavy atom. The molecule has 2 amide bonds. The van der Waals surface area contributed by atoms with E-state index >= 15 is 0 Å². The topological polar surface area (TPSA) is 87.7 Å². The van der Waals surface area contributed by atoms with E-state index in [0.717, 1.165) is 38.8 Å². The molecule has 28 heavy (non-hydrogen) atoms. The van der Waals surface area contributed by atoms with Crippen LogP contribution in [0.3, 0.4) is 0 Å². The summed E-state index contributed by atoms with van der Waals surface area (Å²) in [6.07, 6.45) is 10.6. The normalized spacial score (nSPS) is 21.4. The van der Waals surface area contributed by atoms with Gasteiger partial charge in [0, 0.05) is 25.9 Å². The highest BCUT2D eigenvalue weighted by Gasteiger charge is 2.31. The molecule has 0 saturated carbocycles. The highest BCUT2D eigenvalue weighted by molar-refractivity contribution is 5.86. The molecule has 0 aromatic carbocycles. The molecule has 0 aliphatic carbocycles. The van der Waals surface area contributed by atoms with Crippen molar-refractivity contribution >= 4 is 17.8 Å². The molecule has 2 heterocycles. The third-order valence-electron chi connectivity index (χ3n) is 5.58. The molecule has 0 aromatic rings. The maximum absolute atomic E-state index is 12.6. The summed E-state index contributed by atoms with van der Waals surface area (Å²) >= 11 is 0. The first-order valence-electron chi connectivity index (χ1n) is 10.4. The lowest BCUT2D eigenvalue weighted by Crippen LogP contribution is -2.49. The number of amides is 2. The van der Waals surface area contributed by atoms with Crippen molar-refractivity contribution in [2.45, 2.75) is 57.9 Å². The summed E-state index contributed by atoms with van der Waals surface area (Å²) < 4.78 is 4.98. The predicted molar refractivity (Wildman–Crippen MR) is 106 cm³/mol. The van der Waals surface area contributed by atoms with Crippen molar-refractivity contribution in [2.75, 3.05) is 32.8 Å². The van der Waals surface area contributed by atoms with Gasteiger partial charge in [-0.05, 0) is 58.0 Å². The number of hydrogen-bond acceptors (Lipinski definition) is 5. The first kappa shape index (κ1) is 22.2. The Balaban J connectivity index is 1.83. The molecule has 0 radical (unpaired) electrons. The molecular weight excluding hydrogens is 358 g/mol. The third kappa shape index (κ3) is 6.83. The number of ether oxygens (including phenoxy) is 1. The van der Waals surface area contributed by atoms with Crippen molar-refractivity contribution < 1.29 is 19.1 Å². The number of hydrogen-bond donors (Lipinski definition) is 2. The number of carbonyl (C=O) groups is 3. The second kappa shape index (κ2) is 11.7. The number of likely N-dealkylation sites (tertiary alicyclic amines) is 1. The minimum Gasteiger partial charge on any atom is -0.464 e. The van der Waals surface area contributed by atoms with Crippen LogP contribution in [0.2, 0.25) is 0 Å². The molecule has 2 fully saturated rings. The molecule has 2 atom stereocenters. The van der Waals surface area contributed by atoms with Gasteiger partial charge in [-0.2, -0.15) is 0 Å². The van der Waals surface area contributed by atoms with Crippen molar-refractivity contribution in [3.8, 4) is 12.3 Å². The zero-order valence-corrected chi connectivity index (χ0v) is 16.9. The van der Waals surface area contributed by atoms with Gasteiger partial charge in [-0.15, -0.1) is 12.3 Å². The Labute approximate surface area is 167 Å². The molecule has 0 unspecified atom stereocenters. The lowest BCUT2D eigenvalue weighted by atomic mass is 9.92. The maximum Gasteiger partial charge on any atom is 0.329 e. The van der Waals surface area contributed by atoms with E-state index in [-0.39, 0.29) is 30.8 Å². The number of carbonyl (C=O) groups excluding carboxylic acids is 3. The average molecular weight is 392 g/mol. The van der Waals surface area contributed by atoms with E-state index in [1.807, 2.05) is 0 Å². The fourth-order valence-electron chi connectivity index (χ4n) is 3.92. The fraction of sp³-hybridized carbons (Fsp3) is 0.762. The van der Waals surface area contributed by atoms with Crippen LogP contribution >= 0.6 is 0 Å². The summed E-state index contributed by atoms with van der Waals surface area (Å²) in [6.45, 7) is 5.11. The Kier molecular flexibility index (Phi) is 9.29. The van der Waals surface area contributed by atoms with Crippen LogP contribution < -0.4 is 10.6 Å². The van der Waals surface area contributed by atoms with E-state index in [2.05, 4.69) is 16.6 Å². The second-order valence-corrected chi connectivity index (χ2v) is 7.63. The van der Waals surface area contributed by atoms with Crippen molar-refractivity contribution in [3.05, 3.63) is 0 Å². The monoisotopic (exact) mass is 391 g/mol. The number of nitrogens with one attached hydrogen (secondary N) is 2. The van der Waals surface area contributed by atoms with E-state index in [4.69, 9.17) is 11.2 Å². The van der Waals surface area contributed by atoms with Crippen LogP contribution in [-0.2, 0) is 19.1 Å². The molecule has 156 valence electrons. The van der Waals surface area contributed by atoms with Gasteiger partial charge in [-0.1, -0.05) is 0 Å². The number of nitrogens with zero attached hydrogens (tertiary/aromatic N) is 1. The zero-order valence-electron chi connectivity index (χ0n) is 16.9. The smallest absolute Gasteiger partial charge is 0.329 e. The molecule has 2 aliphatic rings. The molecule has 0 bridgehead atoms. The summed E-state index contributed by atoms with van der Waals surface area (Å²) in [7, 11) is 0. The summed E-state index contributed by atoms with van der Waals surface area (Å²) in [6, 6.07) is -0.830. The van der Waals surface area contributed by atoms with Crippen LogP contribution in [0.5, 0.6) is 0 Å². The van der Waals surface area contributed by atoms with E-state index < -0.39 is 12.0 Å². The van der Waals surface area contributed by atoms with Crippen molar-refractivity contribution in [3.63, 3.8) is 0 Å². The molecule has 0 aromatic heterocycles. The lowest BCUT2D eigenvalue weighted by Gasteiger charge is -2.33. The summed E-state index contributed by atoms with van der Waals surface area (Å²) in [5.41, 5.74) is 0. The zero-order chi connectivity index (χ0) is 20.4. The Hall–Kier alpha value is -2.07. The number of piperidine rings is 2. The van der Waals surface area contributed by atoms with Gasteiger partial charge in [-0.3, -0.25) is 9.59 Å². The number of esters is 1. The van der Waals surface area contributed by atoms with Gasteiger partial charge in [0.2, 0.25) is 11.8 Å². The molecule has 2 aliphatic heterocycles. The van der Waals surface area contributed by atoms with Crippen molar-refractivity contribution in [2.24, 2.45) is 11.8 Å². The van der Waals surface area contributed by atoms with Gasteiger partial charge in [0.15, 0.2) is 0 Å². The predicted octanol–water partition coefficient (Wildman–Crippen LogP) is 1.08. The average Bonchev–Trinajstić information content (AvgIpc) is 2.72. The van der Waals surface area contributed by atoms with Crippen LogP contribution in [-0.4, -0.2) is 61.5 Å². The van der Waals surface area contributed by atoms with Crippen LogP contribution in [0.1, 0.15) is 51.9 Å². The molecule has 2 rings (SSSR count). The first-order chi connectivity index (χ1) is 13.5. The molecule has 7 heteroatoms. The summed E-state index contributed by atoms with van der Waals surface area (Å²) in [4.78, 5) is 39.0. The van der Waals surface area contributed by atoms with Gasteiger partial charge in [0.05, 0.1) is 12.5 Å². The lowest BCUT2D eigenvalue weighted by molar-refractivity contribution is -0.148. The molecule has 7 nitrogen and oxygen atoms in total. The molecular formula is C21H33N3O4. The maximum atomic E-state index is 12.6. The minimum atomic E-state index is -0.830. The minimum absolute atomic E-state index is 0.0934. The Morgan fingerprint density at radius 3 is 2.71 bits per heavy atom.